The third kappa shape index (κ3) is 3.36. The van der Waals surface area contributed by atoms with Crippen LogP contribution in [0.1, 0.15) is 30.7 Å². The van der Waals surface area contributed by atoms with Gasteiger partial charge in [-0.1, -0.05) is 36.4 Å². The van der Waals surface area contributed by atoms with Gasteiger partial charge in [0.2, 0.25) is 5.91 Å². The Kier molecular flexibility index (Phi) is 5.65. The second kappa shape index (κ2) is 7.30. The summed E-state index contributed by atoms with van der Waals surface area (Å²) in [4.78, 5) is 14.6. The van der Waals surface area contributed by atoms with Crippen LogP contribution in [0.5, 0.6) is 0 Å². The third-order valence-corrected chi connectivity index (χ3v) is 5.17. The maximum Gasteiger partial charge on any atom is 0.223 e. The summed E-state index contributed by atoms with van der Waals surface area (Å²) in [6.07, 6.45) is 4.70. The smallest absolute Gasteiger partial charge is 0.223 e. The second-order valence-electron chi connectivity index (χ2n) is 6.42. The zero-order valence-corrected chi connectivity index (χ0v) is 13.7. The predicted molar refractivity (Wildman–Crippen MR) is 92.0 cm³/mol. The van der Waals surface area contributed by atoms with Crippen LogP contribution in [0, 0.1) is 11.8 Å². The van der Waals surface area contributed by atoms with Gasteiger partial charge in [0.05, 0.1) is 0 Å². The van der Waals surface area contributed by atoms with E-state index in [2.05, 4.69) is 18.7 Å². The number of rotatable bonds is 4. The lowest BCUT2D eigenvalue weighted by Gasteiger charge is -2.21. The number of benzene rings is 1. The molecule has 1 aliphatic carbocycles. The number of hydrogen-bond acceptors (Lipinski definition) is 2. The summed E-state index contributed by atoms with van der Waals surface area (Å²) in [7, 11) is 0. The minimum atomic E-state index is 0. The van der Waals surface area contributed by atoms with Crippen molar-refractivity contribution in [2.75, 3.05) is 13.1 Å². The first kappa shape index (κ1) is 17.0. The SMILES string of the molecule is C=CC(CC(=O)N1CC2CCC(N)C2C1)c1ccccc1.Cl. The Morgan fingerprint density at radius 3 is 2.68 bits per heavy atom. The molecule has 120 valence electrons. The maximum atomic E-state index is 12.6. The second-order valence-corrected chi connectivity index (χ2v) is 6.42. The van der Waals surface area contributed by atoms with Gasteiger partial charge in [0.1, 0.15) is 0 Å². The van der Waals surface area contributed by atoms with Gasteiger partial charge in [0.15, 0.2) is 0 Å². The zero-order valence-electron chi connectivity index (χ0n) is 12.9. The maximum absolute atomic E-state index is 12.6. The molecular weight excluding hydrogens is 296 g/mol. The topological polar surface area (TPSA) is 46.3 Å². The van der Waals surface area contributed by atoms with Crippen molar-refractivity contribution in [3.05, 3.63) is 48.6 Å². The number of carbonyl (C=O) groups excluding carboxylic acids is 1. The molecule has 1 aliphatic heterocycles. The first-order chi connectivity index (χ1) is 10.2. The van der Waals surface area contributed by atoms with Crippen molar-refractivity contribution in [2.45, 2.75) is 31.2 Å². The number of fused-ring (bicyclic) bond motifs is 1. The third-order valence-electron chi connectivity index (χ3n) is 5.17. The number of halogens is 1. The Morgan fingerprint density at radius 1 is 1.32 bits per heavy atom. The lowest BCUT2D eigenvalue weighted by atomic mass is 9.95. The van der Waals surface area contributed by atoms with Crippen molar-refractivity contribution in [2.24, 2.45) is 17.6 Å². The molecule has 4 unspecified atom stereocenters. The Morgan fingerprint density at radius 2 is 2.05 bits per heavy atom. The minimum absolute atomic E-state index is 0. The van der Waals surface area contributed by atoms with Crippen LogP contribution in [-0.2, 0) is 4.79 Å². The van der Waals surface area contributed by atoms with Crippen LogP contribution >= 0.6 is 12.4 Å². The number of hydrogen-bond donors (Lipinski definition) is 1. The summed E-state index contributed by atoms with van der Waals surface area (Å²) < 4.78 is 0. The molecule has 1 aromatic carbocycles. The standard InChI is InChI=1S/C18H24N2O.ClH/c1-2-13(14-6-4-3-5-7-14)10-18(21)20-11-15-8-9-17(19)16(15)12-20;/h2-7,13,15-17H,1,8-12,19H2;1H. The first-order valence-corrected chi connectivity index (χ1v) is 7.90. The van der Waals surface area contributed by atoms with E-state index >= 15 is 0 Å². The van der Waals surface area contributed by atoms with Crippen molar-refractivity contribution in [3.8, 4) is 0 Å². The van der Waals surface area contributed by atoms with Crippen LogP contribution in [0.25, 0.3) is 0 Å². The van der Waals surface area contributed by atoms with E-state index in [0.717, 1.165) is 25.1 Å². The van der Waals surface area contributed by atoms with E-state index in [1.54, 1.807) is 0 Å². The molecule has 0 aromatic heterocycles. The summed E-state index contributed by atoms with van der Waals surface area (Å²) in [6, 6.07) is 10.4. The number of nitrogens with two attached hydrogens (primary N) is 1. The summed E-state index contributed by atoms with van der Waals surface area (Å²) in [5.41, 5.74) is 7.31. The molecule has 1 aromatic rings. The van der Waals surface area contributed by atoms with Crippen LogP contribution in [0.2, 0.25) is 0 Å². The predicted octanol–water partition coefficient (Wildman–Crippen LogP) is 2.96. The number of likely N-dealkylation sites (tertiary alicyclic amines) is 1. The highest BCUT2D eigenvalue weighted by atomic mass is 35.5. The molecule has 0 radical (unpaired) electrons. The Hall–Kier alpha value is -1.32. The summed E-state index contributed by atoms with van der Waals surface area (Å²) in [6.45, 7) is 5.64. The number of carbonyl (C=O) groups is 1. The van der Waals surface area contributed by atoms with E-state index in [1.165, 1.54) is 6.42 Å². The van der Waals surface area contributed by atoms with Gasteiger partial charge in [-0.15, -0.1) is 19.0 Å². The molecule has 3 rings (SSSR count). The molecule has 2 fully saturated rings. The minimum Gasteiger partial charge on any atom is -0.342 e. The van der Waals surface area contributed by atoms with Crippen molar-refractivity contribution in [1.29, 1.82) is 0 Å². The Balaban J connectivity index is 0.00000176. The summed E-state index contributed by atoms with van der Waals surface area (Å²) in [5.74, 6) is 1.49. The van der Waals surface area contributed by atoms with Gasteiger partial charge in [0.25, 0.3) is 0 Å². The van der Waals surface area contributed by atoms with Gasteiger partial charge < -0.3 is 10.6 Å². The van der Waals surface area contributed by atoms with E-state index in [9.17, 15) is 4.79 Å². The van der Waals surface area contributed by atoms with Gasteiger partial charge in [-0.3, -0.25) is 4.79 Å². The van der Waals surface area contributed by atoms with Crippen LogP contribution in [0.3, 0.4) is 0 Å². The van der Waals surface area contributed by atoms with Crippen LogP contribution in [0.4, 0.5) is 0 Å². The molecule has 2 aliphatic rings. The van der Waals surface area contributed by atoms with Crippen molar-refractivity contribution in [3.63, 3.8) is 0 Å². The van der Waals surface area contributed by atoms with E-state index < -0.39 is 0 Å². The molecule has 0 bridgehead atoms. The van der Waals surface area contributed by atoms with Crippen LogP contribution in [-0.4, -0.2) is 29.9 Å². The van der Waals surface area contributed by atoms with Crippen molar-refractivity contribution >= 4 is 18.3 Å². The van der Waals surface area contributed by atoms with Crippen LogP contribution in [0.15, 0.2) is 43.0 Å². The number of amides is 1. The fourth-order valence-corrected chi connectivity index (χ4v) is 3.87. The highest BCUT2D eigenvalue weighted by Crippen LogP contribution is 2.37. The van der Waals surface area contributed by atoms with E-state index in [1.807, 2.05) is 29.2 Å². The van der Waals surface area contributed by atoms with Crippen molar-refractivity contribution < 1.29 is 4.79 Å². The Labute approximate surface area is 139 Å². The molecular formula is C18H25ClN2O. The molecule has 1 saturated carbocycles. The number of allylic oxidation sites excluding steroid dienone is 1. The molecule has 1 amide bonds. The largest absolute Gasteiger partial charge is 0.342 e. The van der Waals surface area contributed by atoms with Gasteiger partial charge in [0, 0.05) is 31.5 Å². The molecule has 4 heteroatoms. The van der Waals surface area contributed by atoms with Crippen LogP contribution < -0.4 is 5.73 Å². The highest BCUT2D eigenvalue weighted by molar-refractivity contribution is 5.85. The number of nitrogens with zero attached hydrogens (tertiary/aromatic N) is 1. The molecule has 2 N–H and O–H groups in total. The van der Waals surface area contributed by atoms with Crippen molar-refractivity contribution in [1.82, 2.24) is 4.90 Å². The van der Waals surface area contributed by atoms with Gasteiger partial charge in [-0.25, -0.2) is 0 Å². The van der Waals surface area contributed by atoms with E-state index in [-0.39, 0.29) is 30.3 Å². The van der Waals surface area contributed by atoms with Gasteiger partial charge >= 0.3 is 0 Å². The molecule has 22 heavy (non-hydrogen) atoms. The fraction of sp³-hybridized carbons (Fsp3) is 0.500. The molecule has 1 saturated heterocycles. The normalized spacial score (nSPS) is 27.9. The quantitative estimate of drug-likeness (QED) is 0.867. The molecule has 0 spiro atoms. The highest BCUT2D eigenvalue weighted by Gasteiger charge is 2.42. The average molecular weight is 321 g/mol. The lowest BCUT2D eigenvalue weighted by molar-refractivity contribution is -0.130. The molecule has 4 atom stereocenters. The van der Waals surface area contributed by atoms with Gasteiger partial charge in [-0.2, -0.15) is 0 Å². The van der Waals surface area contributed by atoms with E-state index in [4.69, 9.17) is 5.73 Å². The zero-order chi connectivity index (χ0) is 14.8. The average Bonchev–Trinajstić information content (AvgIpc) is 3.08. The fourth-order valence-electron chi connectivity index (χ4n) is 3.87. The monoisotopic (exact) mass is 320 g/mol. The van der Waals surface area contributed by atoms with E-state index in [0.29, 0.717) is 18.3 Å². The summed E-state index contributed by atoms with van der Waals surface area (Å²) >= 11 is 0. The van der Waals surface area contributed by atoms with Gasteiger partial charge in [-0.05, 0) is 30.2 Å². The Bertz CT molecular complexity index is 519. The molecule has 3 nitrogen and oxygen atoms in total. The molecule has 1 heterocycles. The first-order valence-electron chi connectivity index (χ1n) is 7.90. The summed E-state index contributed by atoms with van der Waals surface area (Å²) in [5, 5.41) is 0. The lowest BCUT2D eigenvalue weighted by Crippen LogP contribution is -2.34.